The minimum absolute atomic E-state index is 0.175. The molecule has 2 aromatic rings. The second kappa shape index (κ2) is 4.03. The van der Waals surface area contributed by atoms with Crippen LogP contribution in [0.2, 0.25) is 5.02 Å². The van der Waals surface area contributed by atoms with Crippen molar-refractivity contribution >= 4 is 23.2 Å². The number of rotatable bonds is 2. The van der Waals surface area contributed by atoms with Crippen LogP contribution in [0.3, 0.4) is 0 Å². The van der Waals surface area contributed by atoms with Crippen molar-refractivity contribution in [2.45, 2.75) is 5.38 Å². The third-order valence-electron chi connectivity index (χ3n) is 1.97. The fourth-order valence-corrected chi connectivity index (χ4v) is 1.61. The molecule has 0 saturated carbocycles. The number of nitrogens with zero attached hydrogens (tertiary/aromatic N) is 1. The van der Waals surface area contributed by atoms with Gasteiger partial charge in [0.1, 0.15) is 0 Å². The number of halogens is 2. The molecule has 0 fully saturated rings. The molecule has 1 N–H and O–H groups in total. The zero-order chi connectivity index (χ0) is 9.97. The lowest BCUT2D eigenvalue weighted by atomic mass is 10.1. The van der Waals surface area contributed by atoms with Crippen LogP contribution < -0.4 is 0 Å². The molecule has 1 aromatic carbocycles. The Labute approximate surface area is 91.9 Å². The summed E-state index contributed by atoms with van der Waals surface area (Å²) in [5.41, 5.74) is 1.96. The molecule has 0 aliphatic heterocycles. The lowest BCUT2D eigenvalue weighted by Gasteiger charge is -2.06. The van der Waals surface area contributed by atoms with Gasteiger partial charge >= 0.3 is 0 Å². The van der Waals surface area contributed by atoms with E-state index in [2.05, 4.69) is 10.2 Å². The van der Waals surface area contributed by atoms with Gasteiger partial charge in [-0.2, -0.15) is 5.10 Å². The van der Waals surface area contributed by atoms with Gasteiger partial charge < -0.3 is 0 Å². The standard InChI is InChI=1S/C10H8Cl2N2/c11-9-3-1-7(2-4-9)10(12)8-5-13-14-6-8/h1-6,10H,(H,13,14). The molecule has 14 heavy (non-hydrogen) atoms. The number of alkyl halides is 1. The SMILES string of the molecule is Clc1ccc(C(Cl)c2cn[nH]c2)cc1. The average Bonchev–Trinajstić information content (AvgIpc) is 2.71. The van der Waals surface area contributed by atoms with Crippen LogP contribution >= 0.6 is 23.2 Å². The highest BCUT2D eigenvalue weighted by molar-refractivity contribution is 6.30. The molecule has 72 valence electrons. The lowest BCUT2D eigenvalue weighted by Crippen LogP contribution is -1.90. The van der Waals surface area contributed by atoms with Crippen molar-refractivity contribution in [1.82, 2.24) is 10.2 Å². The van der Waals surface area contributed by atoms with Gasteiger partial charge in [0.05, 0.1) is 11.6 Å². The van der Waals surface area contributed by atoms with E-state index in [1.165, 1.54) is 0 Å². The minimum atomic E-state index is -0.175. The Hall–Kier alpha value is -0.990. The van der Waals surface area contributed by atoms with Crippen molar-refractivity contribution in [2.24, 2.45) is 0 Å². The topological polar surface area (TPSA) is 28.7 Å². The van der Waals surface area contributed by atoms with Crippen LogP contribution in [0.15, 0.2) is 36.7 Å². The van der Waals surface area contributed by atoms with E-state index >= 15 is 0 Å². The third-order valence-corrected chi connectivity index (χ3v) is 2.73. The van der Waals surface area contributed by atoms with Crippen molar-refractivity contribution in [3.8, 4) is 0 Å². The van der Waals surface area contributed by atoms with Crippen LogP contribution in [0.1, 0.15) is 16.5 Å². The Balaban J connectivity index is 2.28. The highest BCUT2D eigenvalue weighted by Crippen LogP contribution is 2.28. The number of benzene rings is 1. The third kappa shape index (κ3) is 1.91. The number of aromatic nitrogens is 2. The number of aromatic amines is 1. The average molecular weight is 227 g/mol. The van der Waals surface area contributed by atoms with Gasteiger partial charge in [-0.3, -0.25) is 5.10 Å². The number of nitrogens with one attached hydrogen (secondary N) is 1. The summed E-state index contributed by atoms with van der Waals surface area (Å²) in [5.74, 6) is 0. The van der Waals surface area contributed by atoms with E-state index < -0.39 is 0 Å². The van der Waals surface area contributed by atoms with Crippen LogP contribution in [-0.4, -0.2) is 10.2 Å². The number of hydrogen-bond donors (Lipinski definition) is 1. The van der Waals surface area contributed by atoms with E-state index in [4.69, 9.17) is 23.2 Å². The Morgan fingerprint density at radius 1 is 1.14 bits per heavy atom. The first-order chi connectivity index (χ1) is 6.77. The molecule has 0 bridgehead atoms. The zero-order valence-electron chi connectivity index (χ0n) is 7.24. The molecule has 2 rings (SSSR count). The molecule has 1 heterocycles. The van der Waals surface area contributed by atoms with Crippen molar-refractivity contribution in [2.75, 3.05) is 0 Å². The summed E-state index contributed by atoms with van der Waals surface area (Å²) in [5, 5.41) is 7.12. The summed E-state index contributed by atoms with van der Waals surface area (Å²) >= 11 is 12.0. The summed E-state index contributed by atoms with van der Waals surface area (Å²) in [7, 11) is 0. The maximum Gasteiger partial charge on any atom is 0.0865 e. The van der Waals surface area contributed by atoms with E-state index in [0.29, 0.717) is 5.02 Å². The Morgan fingerprint density at radius 2 is 1.86 bits per heavy atom. The van der Waals surface area contributed by atoms with Crippen molar-refractivity contribution in [3.05, 3.63) is 52.8 Å². The van der Waals surface area contributed by atoms with Crippen LogP contribution in [0, 0.1) is 0 Å². The van der Waals surface area contributed by atoms with Gasteiger partial charge in [0.25, 0.3) is 0 Å². The van der Waals surface area contributed by atoms with Gasteiger partial charge in [-0.15, -0.1) is 11.6 Å². The van der Waals surface area contributed by atoms with Crippen LogP contribution in [0.5, 0.6) is 0 Å². The summed E-state index contributed by atoms with van der Waals surface area (Å²) in [6.07, 6.45) is 3.50. The number of H-pyrrole nitrogens is 1. The summed E-state index contributed by atoms with van der Waals surface area (Å²) in [6.45, 7) is 0. The molecular weight excluding hydrogens is 219 g/mol. The Kier molecular flexibility index (Phi) is 2.75. The molecule has 0 saturated heterocycles. The summed E-state index contributed by atoms with van der Waals surface area (Å²) in [6, 6.07) is 7.47. The normalized spacial score (nSPS) is 12.7. The van der Waals surface area contributed by atoms with E-state index in [9.17, 15) is 0 Å². The van der Waals surface area contributed by atoms with Gasteiger partial charge in [-0.25, -0.2) is 0 Å². The molecule has 2 nitrogen and oxygen atoms in total. The predicted octanol–water partition coefficient (Wildman–Crippen LogP) is 3.39. The second-order valence-electron chi connectivity index (χ2n) is 2.95. The Bertz CT molecular complexity index is 395. The second-order valence-corrected chi connectivity index (χ2v) is 3.82. The number of hydrogen-bond acceptors (Lipinski definition) is 1. The fourth-order valence-electron chi connectivity index (χ4n) is 1.22. The largest absolute Gasteiger partial charge is 0.285 e. The first kappa shape index (κ1) is 9.56. The summed E-state index contributed by atoms with van der Waals surface area (Å²) < 4.78 is 0. The molecule has 0 spiro atoms. The smallest absolute Gasteiger partial charge is 0.0865 e. The lowest BCUT2D eigenvalue weighted by molar-refractivity contribution is 1.09. The molecule has 0 aliphatic carbocycles. The monoisotopic (exact) mass is 226 g/mol. The first-order valence-electron chi connectivity index (χ1n) is 4.15. The molecule has 4 heteroatoms. The zero-order valence-corrected chi connectivity index (χ0v) is 8.76. The molecule has 0 amide bonds. The van der Waals surface area contributed by atoms with Gasteiger partial charge in [0, 0.05) is 16.8 Å². The van der Waals surface area contributed by atoms with Crippen LogP contribution in [-0.2, 0) is 0 Å². The highest BCUT2D eigenvalue weighted by atomic mass is 35.5. The van der Waals surface area contributed by atoms with Crippen LogP contribution in [0.25, 0.3) is 0 Å². The van der Waals surface area contributed by atoms with E-state index in [-0.39, 0.29) is 5.38 Å². The Morgan fingerprint density at radius 3 is 2.43 bits per heavy atom. The molecule has 0 aliphatic rings. The maximum absolute atomic E-state index is 6.22. The quantitative estimate of drug-likeness (QED) is 0.782. The molecular formula is C10H8Cl2N2. The van der Waals surface area contributed by atoms with Crippen molar-refractivity contribution in [3.63, 3.8) is 0 Å². The van der Waals surface area contributed by atoms with Gasteiger partial charge in [0.15, 0.2) is 0 Å². The molecule has 0 radical (unpaired) electrons. The van der Waals surface area contributed by atoms with Crippen LogP contribution in [0.4, 0.5) is 0 Å². The van der Waals surface area contributed by atoms with Crippen molar-refractivity contribution in [1.29, 1.82) is 0 Å². The van der Waals surface area contributed by atoms with E-state index in [0.717, 1.165) is 11.1 Å². The molecule has 1 unspecified atom stereocenters. The summed E-state index contributed by atoms with van der Waals surface area (Å²) in [4.78, 5) is 0. The van der Waals surface area contributed by atoms with E-state index in [1.807, 2.05) is 24.3 Å². The van der Waals surface area contributed by atoms with Gasteiger partial charge in [-0.05, 0) is 17.7 Å². The predicted molar refractivity (Wildman–Crippen MR) is 57.7 cm³/mol. The maximum atomic E-state index is 6.22. The molecule has 1 aromatic heterocycles. The van der Waals surface area contributed by atoms with Gasteiger partial charge in [-0.1, -0.05) is 23.7 Å². The van der Waals surface area contributed by atoms with Crippen molar-refractivity contribution < 1.29 is 0 Å². The minimum Gasteiger partial charge on any atom is -0.285 e. The highest BCUT2D eigenvalue weighted by Gasteiger charge is 2.10. The van der Waals surface area contributed by atoms with Gasteiger partial charge in [0.2, 0.25) is 0 Å². The van der Waals surface area contributed by atoms with E-state index in [1.54, 1.807) is 12.4 Å². The fraction of sp³-hybridized carbons (Fsp3) is 0.100. The molecule has 1 atom stereocenters. The first-order valence-corrected chi connectivity index (χ1v) is 4.97.